The fourth-order valence-corrected chi connectivity index (χ4v) is 2.40. The molecule has 0 aliphatic rings. The quantitative estimate of drug-likeness (QED) is 0.806. The van der Waals surface area contributed by atoms with Gasteiger partial charge in [-0.1, -0.05) is 12.1 Å². The molecule has 22 heavy (non-hydrogen) atoms. The van der Waals surface area contributed by atoms with E-state index in [1.807, 2.05) is 31.2 Å². The number of aromatic nitrogens is 3. The summed E-state index contributed by atoms with van der Waals surface area (Å²) in [4.78, 5) is 14.6. The molecule has 6 nitrogen and oxygen atoms in total. The predicted molar refractivity (Wildman–Crippen MR) is 84.2 cm³/mol. The number of fused-ring (bicyclic) bond motifs is 1. The smallest absolute Gasteiger partial charge is 0.223 e. The van der Waals surface area contributed by atoms with Gasteiger partial charge in [0, 0.05) is 25.2 Å². The molecule has 1 heterocycles. The predicted octanol–water partition coefficient (Wildman–Crippen LogP) is 2.50. The second kappa shape index (κ2) is 5.48. The Labute approximate surface area is 127 Å². The summed E-state index contributed by atoms with van der Waals surface area (Å²) in [6, 6.07) is 12.5. The van der Waals surface area contributed by atoms with Gasteiger partial charge in [0.15, 0.2) is 0 Å². The minimum atomic E-state index is -0.0717. The second-order valence-corrected chi connectivity index (χ2v) is 4.91. The summed E-state index contributed by atoms with van der Waals surface area (Å²) in [5.41, 5.74) is 2.63. The summed E-state index contributed by atoms with van der Waals surface area (Å²) >= 11 is 0. The Hall–Kier alpha value is -2.89. The standard InChI is InChI=1S/C16H16N4O2/c1-3-19(11(2)21)12-8-9-15(16(22)10-12)20-17-13-6-4-5-7-14(13)18-20/h4-10,22H,3H2,1-2H3. The van der Waals surface area contributed by atoms with E-state index >= 15 is 0 Å². The highest BCUT2D eigenvalue weighted by Gasteiger charge is 2.13. The van der Waals surface area contributed by atoms with Gasteiger partial charge < -0.3 is 10.0 Å². The summed E-state index contributed by atoms with van der Waals surface area (Å²) < 4.78 is 0. The highest BCUT2D eigenvalue weighted by atomic mass is 16.3. The van der Waals surface area contributed by atoms with E-state index in [1.54, 1.807) is 23.1 Å². The van der Waals surface area contributed by atoms with Gasteiger partial charge in [-0.25, -0.2) is 0 Å². The second-order valence-electron chi connectivity index (χ2n) is 4.91. The van der Waals surface area contributed by atoms with Crippen LogP contribution in [0.1, 0.15) is 13.8 Å². The lowest BCUT2D eigenvalue weighted by Crippen LogP contribution is -2.27. The molecular formula is C16H16N4O2. The van der Waals surface area contributed by atoms with Crippen LogP contribution in [0.5, 0.6) is 5.75 Å². The van der Waals surface area contributed by atoms with Crippen molar-refractivity contribution in [3.8, 4) is 11.4 Å². The van der Waals surface area contributed by atoms with E-state index < -0.39 is 0 Å². The Balaban J connectivity index is 2.03. The zero-order valence-electron chi connectivity index (χ0n) is 12.4. The van der Waals surface area contributed by atoms with Crippen LogP contribution in [0.4, 0.5) is 5.69 Å². The number of hydrogen-bond acceptors (Lipinski definition) is 4. The zero-order valence-corrected chi connectivity index (χ0v) is 12.4. The van der Waals surface area contributed by atoms with Gasteiger partial charge in [-0.15, -0.1) is 15.0 Å². The van der Waals surface area contributed by atoms with Crippen molar-refractivity contribution in [1.82, 2.24) is 15.0 Å². The first kappa shape index (κ1) is 14.1. The molecule has 0 unspecified atom stereocenters. The van der Waals surface area contributed by atoms with E-state index in [1.165, 1.54) is 11.7 Å². The lowest BCUT2D eigenvalue weighted by atomic mass is 10.2. The molecule has 3 rings (SSSR count). The van der Waals surface area contributed by atoms with E-state index in [4.69, 9.17) is 0 Å². The third kappa shape index (κ3) is 2.39. The van der Waals surface area contributed by atoms with Crippen molar-refractivity contribution in [2.24, 2.45) is 0 Å². The van der Waals surface area contributed by atoms with Gasteiger partial charge in [-0.05, 0) is 31.2 Å². The summed E-state index contributed by atoms with van der Waals surface area (Å²) in [5, 5.41) is 18.9. The molecule has 1 amide bonds. The maximum atomic E-state index is 11.6. The maximum absolute atomic E-state index is 11.6. The summed E-state index contributed by atoms with van der Waals surface area (Å²) in [6.45, 7) is 3.92. The fraction of sp³-hybridized carbons (Fsp3) is 0.188. The van der Waals surface area contributed by atoms with Crippen molar-refractivity contribution in [2.45, 2.75) is 13.8 Å². The molecule has 0 radical (unpaired) electrons. The van der Waals surface area contributed by atoms with Crippen molar-refractivity contribution in [3.05, 3.63) is 42.5 Å². The molecule has 3 aromatic rings. The third-order valence-corrected chi connectivity index (χ3v) is 3.47. The van der Waals surface area contributed by atoms with Crippen LogP contribution in [0.15, 0.2) is 42.5 Å². The Kier molecular flexibility index (Phi) is 3.50. The molecule has 0 bridgehead atoms. The van der Waals surface area contributed by atoms with Crippen LogP contribution >= 0.6 is 0 Å². The largest absolute Gasteiger partial charge is 0.506 e. The molecule has 0 atom stereocenters. The normalized spacial score (nSPS) is 10.8. The van der Waals surface area contributed by atoms with Crippen molar-refractivity contribution >= 4 is 22.6 Å². The van der Waals surface area contributed by atoms with E-state index in [9.17, 15) is 9.90 Å². The van der Waals surface area contributed by atoms with E-state index in [-0.39, 0.29) is 11.7 Å². The van der Waals surface area contributed by atoms with Crippen LogP contribution < -0.4 is 4.90 Å². The van der Waals surface area contributed by atoms with Crippen molar-refractivity contribution in [3.63, 3.8) is 0 Å². The van der Waals surface area contributed by atoms with Gasteiger partial charge in [0.2, 0.25) is 5.91 Å². The number of aromatic hydroxyl groups is 1. The summed E-state index contributed by atoms with van der Waals surface area (Å²) in [6.07, 6.45) is 0. The average Bonchev–Trinajstić information content (AvgIpc) is 2.91. The zero-order chi connectivity index (χ0) is 15.7. The van der Waals surface area contributed by atoms with Gasteiger partial charge in [0.1, 0.15) is 22.5 Å². The number of anilines is 1. The van der Waals surface area contributed by atoms with Gasteiger partial charge in [0.25, 0.3) is 0 Å². The van der Waals surface area contributed by atoms with Gasteiger partial charge in [-0.3, -0.25) is 4.79 Å². The lowest BCUT2D eigenvalue weighted by molar-refractivity contribution is -0.116. The van der Waals surface area contributed by atoms with Crippen LogP contribution in [-0.2, 0) is 4.79 Å². The van der Waals surface area contributed by atoms with Crippen molar-refractivity contribution < 1.29 is 9.90 Å². The number of carbonyl (C=O) groups is 1. The Bertz CT molecular complexity index is 808. The molecule has 0 fully saturated rings. The van der Waals surface area contributed by atoms with Crippen LogP contribution in [0.2, 0.25) is 0 Å². The average molecular weight is 296 g/mol. The molecule has 1 aromatic heterocycles. The van der Waals surface area contributed by atoms with Crippen LogP contribution in [0, 0.1) is 0 Å². The Morgan fingerprint density at radius 1 is 1.18 bits per heavy atom. The molecule has 0 aliphatic carbocycles. The Morgan fingerprint density at radius 3 is 2.32 bits per heavy atom. The maximum Gasteiger partial charge on any atom is 0.223 e. The lowest BCUT2D eigenvalue weighted by Gasteiger charge is -2.19. The fourth-order valence-electron chi connectivity index (χ4n) is 2.40. The molecule has 0 spiro atoms. The molecule has 0 saturated heterocycles. The topological polar surface area (TPSA) is 71.2 Å². The minimum Gasteiger partial charge on any atom is -0.506 e. The van der Waals surface area contributed by atoms with Crippen LogP contribution in [0.25, 0.3) is 16.7 Å². The Morgan fingerprint density at radius 2 is 1.82 bits per heavy atom. The number of amides is 1. The number of phenols is 1. The number of phenolic OH excluding ortho intramolecular Hbond substituents is 1. The molecule has 0 saturated carbocycles. The van der Waals surface area contributed by atoms with Crippen molar-refractivity contribution in [2.75, 3.05) is 11.4 Å². The van der Waals surface area contributed by atoms with Gasteiger partial charge in [0.05, 0.1) is 0 Å². The first-order valence-corrected chi connectivity index (χ1v) is 7.03. The highest BCUT2D eigenvalue weighted by Crippen LogP contribution is 2.27. The molecule has 112 valence electrons. The van der Waals surface area contributed by atoms with Crippen molar-refractivity contribution in [1.29, 1.82) is 0 Å². The first-order valence-electron chi connectivity index (χ1n) is 7.03. The molecule has 2 aromatic carbocycles. The van der Waals surface area contributed by atoms with E-state index in [2.05, 4.69) is 10.2 Å². The number of hydrogen-bond donors (Lipinski definition) is 1. The molecule has 1 N–H and O–H groups in total. The number of rotatable bonds is 3. The number of carbonyl (C=O) groups excluding carboxylic acids is 1. The third-order valence-electron chi connectivity index (χ3n) is 3.47. The minimum absolute atomic E-state index is 0.0255. The van der Waals surface area contributed by atoms with E-state index in [0.717, 1.165) is 11.0 Å². The monoisotopic (exact) mass is 296 g/mol. The SMILES string of the molecule is CCN(C(C)=O)c1ccc(-n2nc3ccccc3n2)c(O)c1. The summed E-state index contributed by atoms with van der Waals surface area (Å²) in [7, 11) is 0. The summed E-state index contributed by atoms with van der Waals surface area (Å²) in [5.74, 6) is -0.0462. The first-order chi connectivity index (χ1) is 10.6. The highest BCUT2D eigenvalue weighted by molar-refractivity contribution is 5.91. The van der Waals surface area contributed by atoms with Crippen LogP contribution in [0.3, 0.4) is 0 Å². The number of nitrogens with zero attached hydrogens (tertiary/aromatic N) is 4. The van der Waals surface area contributed by atoms with Crippen LogP contribution in [-0.4, -0.2) is 32.6 Å². The van der Waals surface area contributed by atoms with Gasteiger partial charge in [-0.2, -0.15) is 0 Å². The van der Waals surface area contributed by atoms with Gasteiger partial charge >= 0.3 is 0 Å². The molecular weight excluding hydrogens is 280 g/mol. The van der Waals surface area contributed by atoms with E-state index in [0.29, 0.717) is 17.9 Å². The molecule has 6 heteroatoms. The number of benzene rings is 2. The molecule has 0 aliphatic heterocycles.